The van der Waals surface area contributed by atoms with Crippen LogP contribution in [-0.4, -0.2) is 36.3 Å². The molecule has 0 amide bonds. The summed E-state index contributed by atoms with van der Waals surface area (Å²) < 4.78 is 6.86. The molecule has 0 saturated heterocycles. The van der Waals surface area contributed by atoms with Gasteiger partial charge in [-0.15, -0.1) is 0 Å². The molecule has 6 heteroatoms. The van der Waals surface area contributed by atoms with E-state index in [1.54, 1.807) is 0 Å². The van der Waals surface area contributed by atoms with Crippen molar-refractivity contribution >= 4 is 16.6 Å². The van der Waals surface area contributed by atoms with Gasteiger partial charge in [0.2, 0.25) is 0 Å². The standard InChI is InChI=1S/C17H43N3OSi2/c1-8-16(9-2,11-18)14-22(4,5)21-23(6,7)15-17(10-3,12-19)13-20/h8-15,18-20H2,1-7H3. The van der Waals surface area contributed by atoms with Crippen LogP contribution in [-0.2, 0) is 4.12 Å². The largest absolute Gasteiger partial charge is 0.455 e. The molecule has 0 rings (SSSR count). The maximum atomic E-state index is 6.86. The van der Waals surface area contributed by atoms with Gasteiger partial charge in [0, 0.05) is 0 Å². The number of rotatable bonds is 12. The number of hydrogen-bond acceptors (Lipinski definition) is 4. The smallest absolute Gasteiger partial charge is 0.174 e. The molecule has 0 aliphatic rings. The maximum Gasteiger partial charge on any atom is 0.174 e. The van der Waals surface area contributed by atoms with Crippen LogP contribution in [0.4, 0.5) is 0 Å². The highest BCUT2D eigenvalue weighted by Gasteiger charge is 2.42. The molecule has 0 radical (unpaired) electrons. The molecular weight excluding hydrogens is 318 g/mol. The van der Waals surface area contributed by atoms with Crippen LogP contribution in [0.5, 0.6) is 0 Å². The first-order valence-electron chi connectivity index (χ1n) is 9.29. The molecule has 0 aromatic rings. The van der Waals surface area contributed by atoms with E-state index in [1.807, 2.05) is 0 Å². The summed E-state index contributed by atoms with van der Waals surface area (Å²) in [7, 11) is -3.59. The van der Waals surface area contributed by atoms with Crippen molar-refractivity contribution < 1.29 is 4.12 Å². The Kier molecular flexibility index (Phi) is 9.21. The SMILES string of the molecule is CCC(CC)(CN)C[Si](C)(C)O[Si](C)(C)CC(CC)(CN)CN. The predicted molar refractivity (Wildman–Crippen MR) is 109 cm³/mol. The van der Waals surface area contributed by atoms with Crippen molar-refractivity contribution in [3.8, 4) is 0 Å². The summed E-state index contributed by atoms with van der Waals surface area (Å²) in [4.78, 5) is 0. The molecule has 140 valence electrons. The van der Waals surface area contributed by atoms with Gasteiger partial charge in [-0.05, 0) is 88.0 Å². The van der Waals surface area contributed by atoms with Crippen molar-refractivity contribution in [3.63, 3.8) is 0 Å². The van der Waals surface area contributed by atoms with Gasteiger partial charge in [0.1, 0.15) is 0 Å². The van der Waals surface area contributed by atoms with Crippen LogP contribution in [0.1, 0.15) is 40.0 Å². The summed E-state index contributed by atoms with van der Waals surface area (Å²) in [5, 5.41) is 0. The summed E-state index contributed by atoms with van der Waals surface area (Å²) in [6, 6.07) is 2.19. The minimum absolute atomic E-state index is 0.0423. The summed E-state index contributed by atoms with van der Waals surface area (Å²) in [6.45, 7) is 18.2. The van der Waals surface area contributed by atoms with E-state index in [2.05, 4.69) is 47.0 Å². The summed E-state index contributed by atoms with van der Waals surface area (Å²) in [5.41, 5.74) is 18.5. The average Bonchev–Trinajstić information content (AvgIpc) is 2.49. The van der Waals surface area contributed by atoms with E-state index < -0.39 is 16.6 Å². The van der Waals surface area contributed by atoms with E-state index in [9.17, 15) is 0 Å². The monoisotopic (exact) mass is 361 g/mol. The van der Waals surface area contributed by atoms with Gasteiger partial charge in [0.05, 0.1) is 0 Å². The minimum Gasteiger partial charge on any atom is -0.455 e. The van der Waals surface area contributed by atoms with Gasteiger partial charge in [-0.1, -0.05) is 20.8 Å². The molecule has 0 saturated carbocycles. The zero-order valence-electron chi connectivity index (χ0n) is 16.8. The van der Waals surface area contributed by atoms with Crippen LogP contribution in [0.2, 0.25) is 38.3 Å². The molecule has 0 aliphatic heterocycles. The van der Waals surface area contributed by atoms with Gasteiger partial charge in [-0.2, -0.15) is 0 Å². The zero-order chi connectivity index (χ0) is 18.4. The lowest BCUT2D eigenvalue weighted by atomic mass is 9.85. The predicted octanol–water partition coefficient (Wildman–Crippen LogP) is 3.49. The van der Waals surface area contributed by atoms with Crippen molar-refractivity contribution in [2.45, 2.75) is 78.3 Å². The topological polar surface area (TPSA) is 87.3 Å². The maximum absolute atomic E-state index is 6.86. The third-order valence-corrected chi connectivity index (χ3v) is 13.3. The van der Waals surface area contributed by atoms with E-state index in [4.69, 9.17) is 21.3 Å². The third-order valence-electron chi connectivity index (χ3n) is 5.70. The first-order valence-corrected chi connectivity index (χ1v) is 15.5. The molecule has 0 spiro atoms. The van der Waals surface area contributed by atoms with E-state index >= 15 is 0 Å². The summed E-state index contributed by atoms with van der Waals surface area (Å²) >= 11 is 0. The Morgan fingerprint density at radius 1 is 0.652 bits per heavy atom. The van der Waals surface area contributed by atoms with E-state index in [1.165, 1.54) is 0 Å². The van der Waals surface area contributed by atoms with Crippen LogP contribution in [0, 0.1) is 10.8 Å². The van der Waals surface area contributed by atoms with Crippen LogP contribution < -0.4 is 17.2 Å². The van der Waals surface area contributed by atoms with Gasteiger partial charge in [-0.25, -0.2) is 0 Å². The highest BCUT2D eigenvalue weighted by atomic mass is 28.4. The molecular formula is C17H43N3OSi2. The highest BCUT2D eigenvalue weighted by Crippen LogP contribution is 2.39. The molecule has 0 aromatic carbocycles. The second-order valence-corrected chi connectivity index (χ2v) is 17.2. The molecule has 0 aliphatic carbocycles. The fourth-order valence-corrected chi connectivity index (χ4v) is 15.5. The molecule has 0 unspecified atom stereocenters. The van der Waals surface area contributed by atoms with Crippen molar-refractivity contribution in [1.29, 1.82) is 0 Å². The fourth-order valence-electron chi connectivity index (χ4n) is 4.13. The quantitative estimate of drug-likeness (QED) is 0.464. The van der Waals surface area contributed by atoms with Crippen LogP contribution in [0.3, 0.4) is 0 Å². The third kappa shape index (κ3) is 6.96. The van der Waals surface area contributed by atoms with E-state index in [0.29, 0.717) is 13.1 Å². The van der Waals surface area contributed by atoms with Crippen LogP contribution >= 0.6 is 0 Å². The molecule has 23 heavy (non-hydrogen) atoms. The lowest BCUT2D eigenvalue weighted by molar-refractivity contribution is 0.290. The molecule has 0 fully saturated rings. The van der Waals surface area contributed by atoms with Crippen molar-refractivity contribution in [2.24, 2.45) is 28.0 Å². The van der Waals surface area contributed by atoms with E-state index in [0.717, 1.165) is 37.9 Å². The van der Waals surface area contributed by atoms with Gasteiger partial charge in [0.15, 0.2) is 16.6 Å². The van der Waals surface area contributed by atoms with Crippen LogP contribution in [0.25, 0.3) is 0 Å². The second kappa shape index (κ2) is 9.10. The first kappa shape index (κ1) is 23.3. The Bertz CT molecular complexity index is 292. The molecule has 0 atom stereocenters. The van der Waals surface area contributed by atoms with E-state index in [-0.39, 0.29) is 10.8 Å². The summed E-state index contributed by atoms with van der Waals surface area (Å²) in [5.74, 6) is 0. The molecule has 0 heterocycles. The number of hydrogen-bond donors (Lipinski definition) is 3. The van der Waals surface area contributed by atoms with Crippen molar-refractivity contribution in [2.75, 3.05) is 19.6 Å². The van der Waals surface area contributed by atoms with Gasteiger partial charge in [-0.3, -0.25) is 0 Å². The van der Waals surface area contributed by atoms with Crippen molar-refractivity contribution in [3.05, 3.63) is 0 Å². The lowest BCUT2D eigenvalue weighted by Crippen LogP contribution is -2.52. The number of nitrogens with two attached hydrogens (primary N) is 3. The lowest BCUT2D eigenvalue weighted by Gasteiger charge is -2.44. The zero-order valence-corrected chi connectivity index (χ0v) is 18.8. The Morgan fingerprint density at radius 2 is 0.957 bits per heavy atom. The normalized spacial score (nSPS) is 14.3. The highest BCUT2D eigenvalue weighted by molar-refractivity contribution is 6.85. The molecule has 6 N–H and O–H groups in total. The molecule has 0 aromatic heterocycles. The Labute approximate surface area is 147 Å². The summed E-state index contributed by atoms with van der Waals surface area (Å²) in [6.07, 6.45) is 3.29. The molecule has 4 nitrogen and oxygen atoms in total. The Hall–Kier alpha value is 0.274. The van der Waals surface area contributed by atoms with Gasteiger partial charge in [0.25, 0.3) is 0 Å². The van der Waals surface area contributed by atoms with Gasteiger partial charge >= 0.3 is 0 Å². The van der Waals surface area contributed by atoms with Crippen molar-refractivity contribution in [1.82, 2.24) is 0 Å². The second-order valence-electron chi connectivity index (χ2n) is 8.65. The average molecular weight is 362 g/mol. The minimum atomic E-state index is -1.81. The fraction of sp³-hybridized carbons (Fsp3) is 1.00. The van der Waals surface area contributed by atoms with Gasteiger partial charge < -0.3 is 21.3 Å². The Morgan fingerprint density at radius 3 is 1.22 bits per heavy atom. The molecule has 0 bridgehead atoms. The van der Waals surface area contributed by atoms with Crippen LogP contribution in [0.15, 0.2) is 0 Å². The first-order chi connectivity index (χ1) is 10.5. The Balaban J connectivity index is 5.12.